The number of rotatable bonds is 7. The average Bonchev–Trinajstić information content (AvgIpc) is 2.86. The van der Waals surface area contributed by atoms with Gasteiger partial charge in [-0.05, 0) is 50.2 Å². The van der Waals surface area contributed by atoms with Crippen LogP contribution in [0.5, 0.6) is 11.5 Å². The minimum absolute atomic E-state index is 0.224. The molecule has 0 atom stereocenters. The largest absolute Gasteiger partial charge is 0.503 e. The fourth-order valence-corrected chi connectivity index (χ4v) is 6.13. The van der Waals surface area contributed by atoms with Crippen LogP contribution in [0.2, 0.25) is 0 Å². The number of hydrogen-bond acceptors (Lipinski definition) is 7. The molecule has 2 aliphatic heterocycles. The van der Waals surface area contributed by atoms with Crippen molar-refractivity contribution >= 4 is 10.0 Å². The summed E-state index contributed by atoms with van der Waals surface area (Å²) in [5.41, 5.74) is 1.10. The number of aromatic nitrogens is 1. The molecule has 2 saturated heterocycles. The first-order chi connectivity index (χ1) is 16.3. The molecule has 1 N–H and O–H groups in total. The van der Waals surface area contributed by atoms with Gasteiger partial charge in [-0.1, -0.05) is 6.42 Å². The molecule has 2 aliphatic rings. The van der Waals surface area contributed by atoms with E-state index < -0.39 is 10.0 Å². The first-order valence-corrected chi connectivity index (χ1v) is 13.2. The highest BCUT2D eigenvalue weighted by atomic mass is 32.2. The van der Waals surface area contributed by atoms with Crippen LogP contribution >= 0.6 is 0 Å². The van der Waals surface area contributed by atoms with Gasteiger partial charge in [0.1, 0.15) is 5.75 Å². The Morgan fingerprint density at radius 2 is 1.53 bits per heavy atom. The van der Waals surface area contributed by atoms with Gasteiger partial charge in [-0.15, -0.1) is 0 Å². The van der Waals surface area contributed by atoms with Crippen LogP contribution in [0.1, 0.15) is 30.7 Å². The van der Waals surface area contributed by atoms with Gasteiger partial charge in [0.2, 0.25) is 15.5 Å². The minimum Gasteiger partial charge on any atom is -0.503 e. The Labute approximate surface area is 201 Å². The number of pyridine rings is 1. The van der Waals surface area contributed by atoms with Gasteiger partial charge in [0.05, 0.1) is 17.7 Å². The molecule has 0 radical (unpaired) electrons. The number of methoxy groups -OCH3 is 1. The zero-order valence-electron chi connectivity index (χ0n) is 19.9. The first-order valence-electron chi connectivity index (χ1n) is 11.8. The summed E-state index contributed by atoms with van der Waals surface area (Å²) in [7, 11) is -0.160. The Morgan fingerprint density at radius 3 is 2.15 bits per heavy atom. The monoisotopic (exact) mass is 490 g/mol. The van der Waals surface area contributed by atoms with Crippen molar-refractivity contribution < 1.29 is 18.3 Å². The average molecular weight is 491 g/mol. The smallest absolute Gasteiger partial charge is 0.243 e. The standard InChI is InChI=1S/C24H34N4O5S/c1-25-19(17-26-10-4-3-5-11-26)16-23(29)24(30)22(25)18-27-12-14-28(15-13-27)34(31,32)21-8-6-20(33-2)7-9-21/h6-9,16,30H,3-5,10-15,17-18H2,1-2H3. The molecule has 34 heavy (non-hydrogen) atoms. The number of piperazine rings is 1. The second kappa shape index (κ2) is 10.5. The molecular formula is C24H34N4O5S. The Balaban J connectivity index is 1.43. The van der Waals surface area contributed by atoms with E-state index in [1.807, 2.05) is 11.6 Å². The predicted molar refractivity (Wildman–Crippen MR) is 130 cm³/mol. The van der Waals surface area contributed by atoms with Crippen LogP contribution in [0.15, 0.2) is 40.0 Å². The topological polar surface area (TPSA) is 95.3 Å². The molecule has 1 aromatic heterocycles. The maximum atomic E-state index is 13.0. The number of aromatic hydroxyl groups is 1. The molecular weight excluding hydrogens is 456 g/mol. The van der Waals surface area contributed by atoms with Crippen molar-refractivity contribution in [1.82, 2.24) is 18.7 Å². The zero-order chi connectivity index (χ0) is 24.3. The summed E-state index contributed by atoms with van der Waals surface area (Å²) in [5, 5.41) is 10.5. The van der Waals surface area contributed by atoms with Gasteiger partial charge in [-0.3, -0.25) is 14.6 Å². The van der Waals surface area contributed by atoms with E-state index in [1.165, 1.54) is 29.6 Å². The lowest BCUT2D eigenvalue weighted by atomic mass is 10.1. The predicted octanol–water partition coefficient (Wildman–Crippen LogP) is 1.59. The van der Waals surface area contributed by atoms with Crippen LogP contribution in [-0.2, 0) is 30.2 Å². The summed E-state index contributed by atoms with van der Waals surface area (Å²) in [6.45, 7) is 4.84. The molecule has 3 heterocycles. The van der Waals surface area contributed by atoms with Crippen molar-refractivity contribution in [2.45, 2.75) is 37.2 Å². The molecule has 2 aromatic rings. The van der Waals surface area contributed by atoms with Crippen molar-refractivity contribution in [3.63, 3.8) is 0 Å². The van der Waals surface area contributed by atoms with Crippen LogP contribution in [0.4, 0.5) is 0 Å². The lowest BCUT2D eigenvalue weighted by molar-refractivity contribution is 0.175. The summed E-state index contributed by atoms with van der Waals surface area (Å²) in [6.07, 6.45) is 3.58. The fourth-order valence-electron chi connectivity index (χ4n) is 4.71. The lowest BCUT2D eigenvalue weighted by Gasteiger charge is -2.34. The molecule has 0 unspecified atom stereocenters. The van der Waals surface area contributed by atoms with Crippen LogP contribution < -0.4 is 10.2 Å². The molecule has 0 aliphatic carbocycles. The normalized spacial score (nSPS) is 18.8. The van der Waals surface area contributed by atoms with Crippen LogP contribution in [0, 0.1) is 0 Å². The van der Waals surface area contributed by atoms with E-state index in [0.29, 0.717) is 50.7 Å². The molecule has 10 heteroatoms. The third-order valence-electron chi connectivity index (χ3n) is 6.88. The quantitative estimate of drug-likeness (QED) is 0.630. The molecule has 186 valence electrons. The molecule has 4 rings (SSSR count). The lowest BCUT2D eigenvalue weighted by Crippen LogP contribution is -2.48. The van der Waals surface area contributed by atoms with E-state index in [-0.39, 0.29) is 16.1 Å². The highest BCUT2D eigenvalue weighted by Gasteiger charge is 2.29. The number of hydrogen-bond donors (Lipinski definition) is 1. The van der Waals surface area contributed by atoms with Crippen molar-refractivity contribution in [2.75, 3.05) is 46.4 Å². The van der Waals surface area contributed by atoms with Gasteiger partial charge in [0.25, 0.3) is 0 Å². The summed E-state index contributed by atoms with van der Waals surface area (Å²) >= 11 is 0. The summed E-state index contributed by atoms with van der Waals surface area (Å²) in [6, 6.07) is 7.93. The molecule has 9 nitrogen and oxygen atoms in total. The Kier molecular flexibility index (Phi) is 7.61. The minimum atomic E-state index is -3.59. The van der Waals surface area contributed by atoms with Crippen molar-refractivity contribution in [3.05, 3.63) is 51.9 Å². The van der Waals surface area contributed by atoms with Crippen molar-refractivity contribution in [1.29, 1.82) is 0 Å². The molecule has 0 saturated carbocycles. The van der Waals surface area contributed by atoms with Gasteiger partial charge >= 0.3 is 0 Å². The highest BCUT2D eigenvalue weighted by molar-refractivity contribution is 7.89. The number of benzene rings is 1. The number of nitrogens with zero attached hydrogens (tertiary/aromatic N) is 4. The van der Waals surface area contributed by atoms with Gasteiger partial charge in [0, 0.05) is 58.1 Å². The maximum absolute atomic E-state index is 13.0. The third kappa shape index (κ3) is 5.30. The van der Waals surface area contributed by atoms with Crippen LogP contribution in [0.3, 0.4) is 0 Å². The van der Waals surface area contributed by atoms with E-state index in [4.69, 9.17) is 4.74 Å². The number of piperidine rings is 1. The fraction of sp³-hybridized carbons (Fsp3) is 0.542. The maximum Gasteiger partial charge on any atom is 0.243 e. The van der Waals surface area contributed by atoms with Gasteiger partial charge in [-0.25, -0.2) is 8.42 Å². The van der Waals surface area contributed by atoms with E-state index >= 15 is 0 Å². The van der Waals surface area contributed by atoms with Gasteiger partial charge in [0.15, 0.2) is 5.75 Å². The first kappa shape index (κ1) is 24.7. The molecule has 0 amide bonds. The van der Waals surface area contributed by atoms with E-state index in [1.54, 1.807) is 31.4 Å². The summed E-state index contributed by atoms with van der Waals surface area (Å²) < 4.78 is 34.5. The number of likely N-dealkylation sites (tertiary alicyclic amines) is 1. The summed E-state index contributed by atoms with van der Waals surface area (Å²) in [5.74, 6) is 0.384. The molecule has 0 bridgehead atoms. The van der Waals surface area contributed by atoms with Crippen molar-refractivity contribution in [2.24, 2.45) is 7.05 Å². The Morgan fingerprint density at radius 1 is 0.912 bits per heavy atom. The second-order valence-corrected chi connectivity index (χ2v) is 11.0. The molecule has 1 aromatic carbocycles. The van der Waals surface area contributed by atoms with E-state index in [2.05, 4.69) is 9.80 Å². The number of sulfonamides is 1. The van der Waals surface area contributed by atoms with E-state index in [9.17, 15) is 18.3 Å². The zero-order valence-corrected chi connectivity index (χ0v) is 20.8. The third-order valence-corrected chi connectivity index (χ3v) is 8.79. The SMILES string of the molecule is COc1ccc(S(=O)(=O)N2CCN(Cc3c(O)c(=O)cc(CN4CCCCC4)n3C)CC2)cc1. The van der Waals surface area contributed by atoms with Crippen molar-refractivity contribution in [3.8, 4) is 11.5 Å². The van der Waals surface area contributed by atoms with Gasteiger partial charge < -0.3 is 14.4 Å². The molecule has 0 spiro atoms. The second-order valence-electron chi connectivity index (χ2n) is 9.05. The number of ether oxygens (including phenoxy) is 1. The molecule has 2 fully saturated rings. The highest BCUT2D eigenvalue weighted by Crippen LogP contribution is 2.23. The Hall–Kier alpha value is -2.40. The van der Waals surface area contributed by atoms with E-state index in [0.717, 1.165) is 18.8 Å². The van der Waals surface area contributed by atoms with Crippen LogP contribution in [0.25, 0.3) is 0 Å². The van der Waals surface area contributed by atoms with Gasteiger partial charge in [-0.2, -0.15) is 4.31 Å². The summed E-state index contributed by atoms with van der Waals surface area (Å²) in [4.78, 5) is 17.2. The Bertz CT molecular complexity index is 1150. The van der Waals surface area contributed by atoms with Crippen LogP contribution in [-0.4, -0.2) is 78.6 Å².